The zero-order chi connectivity index (χ0) is 11.7. The summed E-state index contributed by atoms with van der Waals surface area (Å²) in [6, 6.07) is 2.00. The van der Waals surface area contributed by atoms with Gasteiger partial charge < -0.3 is 10.3 Å². The molecule has 0 radical (unpaired) electrons. The summed E-state index contributed by atoms with van der Waals surface area (Å²) < 4.78 is 5.43. The molecular formula is C12H16ClN3OS. The normalized spacial score (nSPS) is 17.6. The van der Waals surface area contributed by atoms with Crippen LogP contribution in [0.4, 0.5) is 0 Å². The SMILES string of the molecule is Cl.NCC1(c2nc(-c3ccsc3)no2)CCCC1. The zero-order valence-corrected chi connectivity index (χ0v) is 11.6. The van der Waals surface area contributed by atoms with Gasteiger partial charge in [-0.15, -0.1) is 12.4 Å². The second-order valence-electron chi connectivity index (χ2n) is 4.63. The lowest BCUT2D eigenvalue weighted by atomic mass is 9.86. The number of hydrogen-bond donors (Lipinski definition) is 1. The fourth-order valence-corrected chi connectivity index (χ4v) is 3.14. The minimum atomic E-state index is -0.0682. The third-order valence-corrected chi connectivity index (χ3v) is 4.29. The van der Waals surface area contributed by atoms with E-state index in [9.17, 15) is 0 Å². The molecule has 0 atom stereocenters. The van der Waals surface area contributed by atoms with Crippen LogP contribution in [0.15, 0.2) is 21.3 Å². The second kappa shape index (κ2) is 5.38. The van der Waals surface area contributed by atoms with E-state index in [2.05, 4.69) is 10.1 Å². The Balaban J connectivity index is 0.00000120. The van der Waals surface area contributed by atoms with Gasteiger partial charge in [0.2, 0.25) is 11.7 Å². The molecule has 18 heavy (non-hydrogen) atoms. The predicted octanol–water partition coefficient (Wildman–Crippen LogP) is 2.99. The maximum atomic E-state index is 5.90. The molecule has 2 aromatic heterocycles. The maximum absolute atomic E-state index is 5.90. The van der Waals surface area contributed by atoms with Gasteiger partial charge in [0.1, 0.15) is 0 Å². The first-order valence-corrected chi connectivity index (χ1v) is 6.85. The van der Waals surface area contributed by atoms with Crippen LogP contribution in [-0.2, 0) is 5.41 Å². The molecule has 0 unspecified atom stereocenters. The van der Waals surface area contributed by atoms with E-state index in [0.29, 0.717) is 12.4 Å². The largest absolute Gasteiger partial charge is 0.338 e. The zero-order valence-electron chi connectivity index (χ0n) is 9.96. The number of nitrogens with zero attached hydrogens (tertiary/aromatic N) is 2. The van der Waals surface area contributed by atoms with E-state index in [1.807, 2.05) is 16.8 Å². The van der Waals surface area contributed by atoms with Crippen molar-refractivity contribution < 1.29 is 4.52 Å². The van der Waals surface area contributed by atoms with Crippen LogP contribution in [-0.4, -0.2) is 16.7 Å². The molecule has 0 aromatic carbocycles. The van der Waals surface area contributed by atoms with Gasteiger partial charge in [-0.2, -0.15) is 16.3 Å². The molecule has 6 heteroatoms. The third kappa shape index (κ3) is 2.18. The number of aromatic nitrogens is 2. The van der Waals surface area contributed by atoms with Crippen molar-refractivity contribution in [3.05, 3.63) is 22.7 Å². The van der Waals surface area contributed by atoms with E-state index in [4.69, 9.17) is 10.3 Å². The highest BCUT2D eigenvalue weighted by atomic mass is 35.5. The van der Waals surface area contributed by atoms with Gasteiger partial charge in [0.25, 0.3) is 0 Å². The van der Waals surface area contributed by atoms with E-state index >= 15 is 0 Å². The molecule has 2 N–H and O–H groups in total. The highest BCUT2D eigenvalue weighted by Gasteiger charge is 2.39. The van der Waals surface area contributed by atoms with Gasteiger partial charge in [0.15, 0.2) is 0 Å². The molecule has 2 aromatic rings. The molecule has 1 fully saturated rings. The van der Waals surface area contributed by atoms with Crippen LogP contribution in [0.3, 0.4) is 0 Å². The molecular weight excluding hydrogens is 270 g/mol. The molecule has 3 rings (SSSR count). The summed E-state index contributed by atoms with van der Waals surface area (Å²) in [5.41, 5.74) is 6.86. The lowest BCUT2D eigenvalue weighted by Gasteiger charge is -2.21. The summed E-state index contributed by atoms with van der Waals surface area (Å²) >= 11 is 1.63. The van der Waals surface area contributed by atoms with Crippen molar-refractivity contribution in [2.75, 3.05) is 6.54 Å². The molecule has 4 nitrogen and oxygen atoms in total. The number of nitrogens with two attached hydrogens (primary N) is 1. The topological polar surface area (TPSA) is 64.9 Å². The average molecular weight is 286 g/mol. The lowest BCUT2D eigenvalue weighted by molar-refractivity contribution is 0.284. The van der Waals surface area contributed by atoms with Gasteiger partial charge in [-0.25, -0.2) is 0 Å². The van der Waals surface area contributed by atoms with Crippen LogP contribution in [0.2, 0.25) is 0 Å². The van der Waals surface area contributed by atoms with Crippen molar-refractivity contribution in [1.29, 1.82) is 0 Å². The molecule has 0 spiro atoms. The van der Waals surface area contributed by atoms with Gasteiger partial charge in [-0.3, -0.25) is 0 Å². The Bertz CT molecular complexity index is 491. The molecule has 1 aliphatic carbocycles. The first kappa shape index (κ1) is 13.5. The van der Waals surface area contributed by atoms with Crippen LogP contribution in [0.1, 0.15) is 31.6 Å². The van der Waals surface area contributed by atoms with Crippen molar-refractivity contribution in [2.24, 2.45) is 5.73 Å². The van der Waals surface area contributed by atoms with E-state index in [1.165, 1.54) is 12.8 Å². The Hall–Kier alpha value is -0.910. The van der Waals surface area contributed by atoms with Gasteiger partial charge in [-0.1, -0.05) is 18.0 Å². The second-order valence-corrected chi connectivity index (χ2v) is 5.41. The van der Waals surface area contributed by atoms with E-state index in [0.717, 1.165) is 24.3 Å². The molecule has 0 saturated heterocycles. The van der Waals surface area contributed by atoms with Crippen molar-refractivity contribution >= 4 is 23.7 Å². The minimum Gasteiger partial charge on any atom is -0.338 e. The highest BCUT2D eigenvalue weighted by molar-refractivity contribution is 7.08. The molecule has 0 amide bonds. The Kier molecular flexibility index (Phi) is 4.04. The molecule has 2 heterocycles. The maximum Gasteiger partial charge on any atom is 0.234 e. The smallest absolute Gasteiger partial charge is 0.234 e. The van der Waals surface area contributed by atoms with Gasteiger partial charge >= 0.3 is 0 Å². The van der Waals surface area contributed by atoms with Crippen molar-refractivity contribution in [2.45, 2.75) is 31.1 Å². The summed E-state index contributed by atoms with van der Waals surface area (Å²) in [5, 5.41) is 8.10. The predicted molar refractivity (Wildman–Crippen MR) is 74.1 cm³/mol. The fraction of sp³-hybridized carbons (Fsp3) is 0.500. The number of hydrogen-bond acceptors (Lipinski definition) is 5. The standard InChI is InChI=1S/C12H15N3OS.ClH/c13-8-12(4-1-2-5-12)11-14-10(15-16-11)9-3-6-17-7-9;/h3,6-7H,1-2,4-5,8,13H2;1H. The van der Waals surface area contributed by atoms with Crippen molar-refractivity contribution in [3.8, 4) is 11.4 Å². The molecule has 1 saturated carbocycles. The average Bonchev–Trinajstić information content (AvgIpc) is 3.10. The number of thiophene rings is 1. The van der Waals surface area contributed by atoms with Gasteiger partial charge in [0, 0.05) is 17.5 Å². The molecule has 1 aliphatic rings. The van der Waals surface area contributed by atoms with Crippen LogP contribution in [0.5, 0.6) is 0 Å². The highest BCUT2D eigenvalue weighted by Crippen LogP contribution is 2.39. The summed E-state index contributed by atoms with van der Waals surface area (Å²) in [7, 11) is 0. The monoisotopic (exact) mass is 285 g/mol. The van der Waals surface area contributed by atoms with Crippen LogP contribution in [0, 0.1) is 0 Å². The summed E-state index contributed by atoms with van der Waals surface area (Å²) in [4.78, 5) is 4.53. The van der Waals surface area contributed by atoms with E-state index in [1.54, 1.807) is 11.3 Å². The summed E-state index contributed by atoms with van der Waals surface area (Å²) in [5.74, 6) is 1.40. The van der Waals surface area contributed by atoms with Crippen LogP contribution in [0.25, 0.3) is 11.4 Å². The van der Waals surface area contributed by atoms with Crippen molar-refractivity contribution in [1.82, 2.24) is 10.1 Å². The first-order valence-electron chi connectivity index (χ1n) is 5.91. The summed E-state index contributed by atoms with van der Waals surface area (Å²) in [6.07, 6.45) is 4.53. The lowest BCUT2D eigenvalue weighted by Crippen LogP contribution is -2.32. The fourth-order valence-electron chi connectivity index (χ4n) is 2.50. The van der Waals surface area contributed by atoms with Gasteiger partial charge in [-0.05, 0) is 24.3 Å². The summed E-state index contributed by atoms with van der Waals surface area (Å²) in [6.45, 7) is 0.596. The third-order valence-electron chi connectivity index (χ3n) is 3.61. The quantitative estimate of drug-likeness (QED) is 0.941. The van der Waals surface area contributed by atoms with Crippen molar-refractivity contribution in [3.63, 3.8) is 0 Å². The Morgan fingerprint density at radius 3 is 2.78 bits per heavy atom. The van der Waals surface area contributed by atoms with Gasteiger partial charge in [0.05, 0.1) is 5.41 Å². The molecule has 98 valence electrons. The van der Waals surface area contributed by atoms with Crippen LogP contribution >= 0.6 is 23.7 Å². The Morgan fingerprint density at radius 1 is 1.39 bits per heavy atom. The first-order chi connectivity index (χ1) is 8.34. The molecule has 0 bridgehead atoms. The minimum absolute atomic E-state index is 0. The number of halogens is 1. The Morgan fingerprint density at radius 2 is 2.17 bits per heavy atom. The molecule has 0 aliphatic heterocycles. The van der Waals surface area contributed by atoms with E-state index in [-0.39, 0.29) is 17.8 Å². The van der Waals surface area contributed by atoms with Crippen LogP contribution < -0.4 is 5.73 Å². The Labute approximate surface area is 116 Å². The van der Waals surface area contributed by atoms with E-state index < -0.39 is 0 Å². The number of rotatable bonds is 3.